The molecule has 0 fully saturated rings. The van der Waals surface area contributed by atoms with Gasteiger partial charge in [0.05, 0.1) is 0 Å². The van der Waals surface area contributed by atoms with Crippen molar-refractivity contribution in [3.05, 3.63) is 145 Å². The molecule has 0 amide bonds. The molecule has 4 heteroatoms. The topological polar surface area (TPSA) is 34.1 Å². The number of rotatable bonds is 12. The Hall–Kier alpha value is -3.18. The summed E-state index contributed by atoms with van der Waals surface area (Å²) in [7, 11) is -6.12. The van der Waals surface area contributed by atoms with Crippen LogP contribution in [0.25, 0.3) is 0 Å². The van der Waals surface area contributed by atoms with Crippen molar-refractivity contribution >= 4 is 35.5 Å². The summed E-state index contributed by atoms with van der Waals surface area (Å²) in [6, 6.07) is 38.9. The van der Waals surface area contributed by atoms with Gasteiger partial charge in [-0.3, -0.25) is 0 Å². The Bertz CT molecular complexity index is 1340. The molecular weight excluding hydrogens is 502 g/mol. The lowest BCUT2D eigenvalue weighted by Gasteiger charge is -2.23. The molecule has 0 N–H and O–H groups in total. The van der Waals surface area contributed by atoms with Crippen molar-refractivity contribution in [1.82, 2.24) is 0 Å². The zero-order chi connectivity index (χ0) is 26.7. The fraction of sp³-hybridized carbons (Fsp3) is 0.176. The van der Waals surface area contributed by atoms with E-state index in [1.807, 2.05) is 139 Å². The van der Waals surface area contributed by atoms with Crippen molar-refractivity contribution in [1.29, 1.82) is 0 Å². The number of benzene rings is 4. The van der Waals surface area contributed by atoms with E-state index < -0.39 is 14.3 Å². The van der Waals surface area contributed by atoms with Gasteiger partial charge in [0.1, 0.15) is 0 Å². The minimum absolute atomic E-state index is 0.729. The van der Waals surface area contributed by atoms with E-state index in [2.05, 4.69) is 6.92 Å². The van der Waals surface area contributed by atoms with E-state index in [0.717, 1.165) is 58.6 Å². The predicted octanol–water partition coefficient (Wildman–Crippen LogP) is 8.38. The molecule has 4 aromatic carbocycles. The van der Waals surface area contributed by atoms with Gasteiger partial charge in [-0.25, -0.2) is 0 Å². The summed E-state index contributed by atoms with van der Waals surface area (Å²) in [5, 5.41) is 4.13. The van der Waals surface area contributed by atoms with Crippen LogP contribution in [0.3, 0.4) is 0 Å². The van der Waals surface area contributed by atoms with Crippen LogP contribution in [0.2, 0.25) is 0 Å². The van der Waals surface area contributed by atoms with E-state index in [1.54, 1.807) is 0 Å². The van der Waals surface area contributed by atoms with E-state index in [9.17, 15) is 4.57 Å². The monoisotopic (exact) mass is 538 g/mol. The first-order valence-electron chi connectivity index (χ1n) is 13.4. The molecule has 4 rings (SSSR count). The summed E-state index contributed by atoms with van der Waals surface area (Å²) in [4.78, 5) is 0. The first kappa shape index (κ1) is 27.8. The van der Waals surface area contributed by atoms with Crippen LogP contribution >= 0.6 is 14.3 Å². The van der Waals surface area contributed by atoms with Crippen LogP contribution in [-0.2, 0) is 9.13 Å². The molecule has 0 aromatic heterocycles. The second-order valence-electron chi connectivity index (χ2n) is 9.42. The van der Waals surface area contributed by atoms with Gasteiger partial charge in [-0.1, -0.05) is 160 Å². The summed E-state index contributed by atoms with van der Waals surface area (Å²) >= 11 is 0. The van der Waals surface area contributed by atoms with E-state index in [0.29, 0.717) is 0 Å². The zero-order valence-electron chi connectivity index (χ0n) is 22.0. The van der Waals surface area contributed by atoms with Crippen LogP contribution in [0.1, 0.15) is 39.0 Å². The first-order valence-corrected chi connectivity index (χ1v) is 16.9. The Kier molecular flexibility index (Phi) is 9.94. The quantitative estimate of drug-likeness (QED) is 0.103. The number of allylic oxidation sites excluding steroid dienone is 3. The van der Waals surface area contributed by atoms with Crippen molar-refractivity contribution in [3.8, 4) is 0 Å². The Labute approximate surface area is 227 Å². The molecule has 38 heavy (non-hydrogen) atoms. The molecule has 0 spiro atoms. The molecule has 0 aliphatic carbocycles. The Morgan fingerprint density at radius 1 is 0.579 bits per heavy atom. The highest BCUT2D eigenvalue weighted by atomic mass is 31.2. The summed E-state index contributed by atoms with van der Waals surface area (Å²) in [5.74, 6) is 1.82. The van der Waals surface area contributed by atoms with Crippen LogP contribution in [0.5, 0.6) is 0 Å². The molecule has 0 heterocycles. The lowest BCUT2D eigenvalue weighted by atomic mass is 10.1. The third-order valence-electron chi connectivity index (χ3n) is 6.79. The van der Waals surface area contributed by atoms with Crippen molar-refractivity contribution in [2.75, 3.05) is 0 Å². The molecule has 0 bridgehead atoms. The lowest BCUT2D eigenvalue weighted by molar-refractivity contribution is 0.587. The van der Waals surface area contributed by atoms with E-state index >= 15 is 4.57 Å². The first-order chi connectivity index (χ1) is 18.6. The van der Waals surface area contributed by atoms with Gasteiger partial charge in [-0.05, 0) is 24.0 Å². The summed E-state index contributed by atoms with van der Waals surface area (Å²) in [6.45, 7) is 2.20. The van der Waals surface area contributed by atoms with Gasteiger partial charge in [0.25, 0.3) is 0 Å². The van der Waals surface area contributed by atoms with Crippen LogP contribution in [0.15, 0.2) is 145 Å². The Morgan fingerprint density at radius 2 is 1.00 bits per heavy atom. The Morgan fingerprint density at radius 3 is 1.42 bits per heavy atom. The number of hydrogen-bond acceptors (Lipinski definition) is 2. The maximum absolute atomic E-state index is 15.1. The van der Waals surface area contributed by atoms with Gasteiger partial charge in [-0.2, -0.15) is 0 Å². The fourth-order valence-corrected chi connectivity index (χ4v) is 9.85. The van der Waals surface area contributed by atoms with Gasteiger partial charge in [0.15, 0.2) is 14.3 Å². The maximum Gasteiger partial charge on any atom is 0.167 e. The normalized spacial score (nSPS) is 12.6. The summed E-state index contributed by atoms with van der Waals surface area (Å²) < 4.78 is 29.6. The Balaban J connectivity index is 1.83. The molecule has 0 aliphatic heterocycles. The van der Waals surface area contributed by atoms with Gasteiger partial charge < -0.3 is 9.13 Å². The van der Waals surface area contributed by atoms with Crippen LogP contribution in [-0.4, -0.2) is 0 Å². The number of hydrogen-bond donors (Lipinski definition) is 0. The molecule has 0 saturated carbocycles. The minimum atomic E-state index is -3.09. The largest absolute Gasteiger partial charge is 0.309 e. The molecule has 0 saturated heterocycles. The highest BCUT2D eigenvalue weighted by molar-refractivity contribution is 7.82. The van der Waals surface area contributed by atoms with Crippen molar-refractivity contribution in [3.63, 3.8) is 0 Å². The molecule has 2 nitrogen and oxygen atoms in total. The molecule has 0 radical (unpaired) electrons. The van der Waals surface area contributed by atoms with Crippen LogP contribution in [0.4, 0.5) is 0 Å². The second kappa shape index (κ2) is 13.6. The molecule has 4 aromatic rings. The number of unbranched alkanes of at least 4 members (excludes halogenated alkanes) is 3. The smallest absolute Gasteiger partial charge is 0.167 e. The zero-order valence-corrected chi connectivity index (χ0v) is 23.8. The molecule has 0 unspecified atom stereocenters. The van der Waals surface area contributed by atoms with Crippen LogP contribution in [0, 0.1) is 0 Å². The summed E-state index contributed by atoms with van der Waals surface area (Å²) in [5.41, 5.74) is 0. The summed E-state index contributed by atoms with van der Waals surface area (Å²) in [6.07, 6.45) is 8.94. The second-order valence-corrected chi connectivity index (χ2v) is 14.9. The molecule has 0 aliphatic rings. The lowest BCUT2D eigenvalue weighted by Crippen LogP contribution is -2.17. The van der Waals surface area contributed by atoms with Crippen LogP contribution < -0.4 is 21.2 Å². The third kappa shape index (κ3) is 6.44. The van der Waals surface area contributed by atoms with Gasteiger partial charge in [0.2, 0.25) is 0 Å². The fourth-order valence-electron chi connectivity index (χ4n) is 4.73. The SMILES string of the molecule is CCCCCC/C(=C/C=C\P(=O)(c1ccccc1)c1ccccc1)P(=O)(c1ccccc1)c1ccccc1. The van der Waals surface area contributed by atoms with E-state index in [4.69, 9.17) is 0 Å². The van der Waals surface area contributed by atoms with E-state index in [-0.39, 0.29) is 0 Å². The average Bonchev–Trinajstić information content (AvgIpc) is 2.99. The highest BCUT2D eigenvalue weighted by Crippen LogP contribution is 2.54. The van der Waals surface area contributed by atoms with Crippen molar-refractivity contribution in [2.24, 2.45) is 0 Å². The maximum atomic E-state index is 15.1. The van der Waals surface area contributed by atoms with Gasteiger partial charge in [-0.15, -0.1) is 0 Å². The van der Waals surface area contributed by atoms with Gasteiger partial charge >= 0.3 is 0 Å². The highest BCUT2D eigenvalue weighted by Gasteiger charge is 2.31. The molecule has 194 valence electrons. The van der Waals surface area contributed by atoms with Crippen molar-refractivity contribution < 1.29 is 9.13 Å². The van der Waals surface area contributed by atoms with Gasteiger partial charge in [0, 0.05) is 21.2 Å². The standard InChI is InChI=1S/C34H36O2P2/c1-2-3-4-9-23-34(38(36,32-24-14-7-15-25-32)33-26-16-8-17-27-33)28-18-29-37(35,30-19-10-5-11-20-30)31-21-12-6-13-22-31/h5-8,10-22,24-29H,2-4,9,23H2,1H3/b29-18-,34-28-. The van der Waals surface area contributed by atoms with E-state index in [1.165, 1.54) is 0 Å². The minimum Gasteiger partial charge on any atom is -0.309 e. The average molecular weight is 539 g/mol. The van der Waals surface area contributed by atoms with Crippen molar-refractivity contribution in [2.45, 2.75) is 39.0 Å². The third-order valence-corrected chi connectivity index (χ3v) is 12.7. The molecular formula is C34H36O2P2. The predicted molar refractivity (Wildman–Crippen MR) is 165 cm³/mol. The molecule has 0 atom stereocenters.